The van der Waals surface area contributed by atoms with Gasteiger partial charge in [-0.15, -0.1) is 0 Å². The summed E-state index contributed by atoms with van der Waals surface area (Å²) >= 11 is 0. The molecule has 30 heavy (non-hydrogen) atoms. The highest BCUT2D eigenvalue weighted by Gasteiger charge is 2.31. The van der Waals surface area contributed by atoms with Gasteiger partial charge in [0, 0.05) is 38.6 Å². The van der Waals surface area contributed by atoms with Crippen LogP contribution in [-0.4, -0.2) is 42.5 Å². The minimum Gasteiger partial charge on any atom is -0.382 e. The standard InChI is InChI=1S/C25H34N2O3/c1-4-30-17-11-16-26-24(28)23(18-21-12-7-5-8-13-21)27(25(29)20(2)3)19-22-14-9-6-10-15-22/h5-10,12-15,20,23H,4,11,16-19H2,1-3H3,(H,26,28)/t23-/m1/s1. The zero-order valence-electron chi connectivity index (χ0n) is 18.3. The lowest BCUT2D eigenvalue weighted by molar-refractivity contribution is -0.143. The molecule has 162 valence electrons. The summed E-state index contributed by atoms with van der Waals surface area (Å²) < 4.78 is 5.35. The van der Waals surface area contributed by atoms with Gasteiger partial charge >= 0.3 is 0 Å². The molecule has 2 aromatic rings. The van der Waals surface area contributed by atoms with Crippen molar-refractivity contribution in [1.29, 1.82) is 0 Å². The quantitative estimate of drug-likeness (QED) is 0.541. The highest BCUT2D eigenvalue weighted by molar-refractivity contribution is 5.88. The first-order valence-electron chi connectivity index (χ1n) is 10.8. The van der Waals surface area contributed by atoms with Crippen LogP contribution in [0.25, 0.3) is 0 Å². The Bertz CT molecular complexity index is 762. The van der Waals surface area contributed by atoms with Crippen molar-refractivity contribution in [2.45, 2.75) is 46.2 Å². The molecule has 0 unspecified atom stereocenters. The molecule has 0 aliphatic carbocycles. The van der Waals surface area contributed by atoms with Gasteiger partial charge in [0.1, 0.15) is 6.04 Å². The second kappa shape index (κ2) is 12.8. The Labute approximate surface area is 180 Å². The molecule has 0 aliphatic rings. The number of hydrogen-bond acceptors (Lipinski definition) is 3. The Morgan fingerprint density at radius 1 is 0.967 bits per heavy atom. The lowest BCUT2D eigenvalue weighted by atomic mass is 10.0. The van der Waals surface area contributed by atoms with E-state index in [1.807, 2.05) is 81.4 Å². The Kier molecular flexibility index (Phi) is 10.1. The molecule has 0 radical (unpaired) electrons. The van der Waals surface area contributed by atoms with Gasteiger partial charge in [0.25, 0.3) is 0 Å². The molecule has 0 saturated heterocycles. The molecule has 0 heterocycles. The Morgan fingerprint density at radius 2 is 1.57 bits per heavy atom. The monoisotopic (exact) mass is 410 g/mol. The van der Waals surface area contributed by atoms with E-state index in [4.69, 9.17) is 4.74 Å². The molecule has 1 N–H and O–H groups in total. The normalized spacial score (nSPS) is 11.9. The average molecular weight is 411 g/mol. The first-order chi connectivity index (χ1) is 14.5. The third kappa shape index (κ3) is 7.64. The summed E-state index contributed by atoms with van der Waals surface area (Å²) in [5.74, 6) is -0.345. The predicted molar refractivity (Wildman–Crippen MR) is 120 cm³/mol. The van der Waals surface area contributed by atoms with Gasteiger partial charge in [0.15, 0.2) is 0 Å². The highest BCUT2D eigenvalue weighted by atomic mass is 16.5. The minimum atomic E-state index is -0.574. The van der Waals surface area contributed by atoms with E-state index in [-0.39, 0.29) is 17.7 Å². The van der Waals surface area contributed by atoms with Crippen LogP contribution in [0.3, 0.4) is 0 Å². The van der Waals surface area contributed by atoms with E-state index < -0.39 is 6.04 Å². The molecule has 5 nitrogen and oxygen atoms in total. The van der Waals surface area contributed by atoms with Gasteiger partial charge in [0.2, 0.25) is 11.8 Å². The van der Waals surface area contributed by atoms with Crippen LogP contribution < -0.4 is 5.32 Å². The number of rotatable bonds is 12. The third-order valence-electron chi connectivity index (χ3n) is 4.89. The van der Waals surface area contributed by atoms with Crippen LogP contribution in [0.1, 0.15) is 38.3 Å². The van der Waals surface area contributed by atoms with Gasteiger partial charge in [-0.3, -0.25) is 9.59 Å². The maximum Gasteiger partial charge on any atom is 0.243 e. The number of benzene rings is 2. The van der Waals surface area contributed by atoms with Crippen LogP contribution in [0.4, 0.5) is 0 Å². The van der Waals surface area contributed by atoms with Crippen LogP contribution >= 0.6 is 0 Å². The van der Waals surface area contributed by atoms with Gasteiger partial charge in [-0.1, -0.05) is 74.5 Å². The third-order valence-corrected chi connectivity index (χ3v) is 4.89. The molecule has 2 aromatic carbocycles. The largest absolute Gasteiger partial charge is 0.382 e. The fraction of sp³-hybridized carbons (Fsp3) is 0.440. The number of carbonyl (C=O) groups is 2. The van der Waals surface area contributed by atoms with Crippen molar-refractivity contribution in [1.82, 2.24) is 10.2 Å². The van der Waals surface area contributed by atoms with Crippen molar-refractivity contribution in [2.24, 2.45) is 5.92 Å². The van der Waals surface area contributed by atoms with E-state index in [9.17, 15) is 9.59 Å². The zero-order valence-corrected chi connectivity index (χ0v) is 18.3. The van der Waals surface area contributed by atoms with Crippen molar-refractivity contribution in [3.8, 4) is 0 Å². The lowest BCUT2D eigenvalue weighted by Crippen LogP contribution is -2.51. The van der Waals surface area contributed by atoms with Crippen LogP contribution in [-0.2, 0) is 27.3 Å². The smallest absolute Gasteiger partial charge is 0.243 e. The van der Waals surface area contributed by atoms with Crippen molar-refractivity contribution in [3.63, 3.8) is 0 Å². The van der Waals surface area contributed by atoms with Crippen LogP contribution in [0, 0.1) is 5.92 Å². The number of nitrogens with zero attached hydrogens (tertiary/aromatic N) is 1. The Hall–Kier alpha value is -2.66. The number of nitrogens with one attached hydrogen (secondary N) is 1. The summed E-state index contributed by atoms with van der Waals surface area (Å²) in [5.41, 5.74) is 2.04. The molecule has 1 atom stereocenters. The summed E-state index contributed by atoms with van der Waals surface area (Å²) in [6, 6.07) is 19.1. The molecular formula is C25H34N2O3. The summed E-state index contributed by atoms with van der Waals surface area (Å²) in [4.78, 5) is 28.0. The SMILES string of the molecule is CCOCCCNC(=O)[C@@H](Cc1ccccc1)N(Cc1ccccc1)C(=O)C(C)C. The summed E-state index contributed by atoms with van der Waals surface area (Å²) in [5, 5.41) is 3.01. The Morgan fingerprint density at radius 3 is 2.13 bits per heavy atom. The fourth-order valence-electron chi connectivity index (χ4n) is 3.28. The molecule has 0 spiro atoms. The maximum atomic E-state index is 13.2. The topological polar surface area (TPSA) is 58.6 Å². The lowest BCUT2D eigenvalue weighted by Gasteiger charge is -2.32. The molecule has 5 heteroatoms. The van der Waals surface area contributed by atoms with Crippen molar-refractivity contribution >= 4 is 11.8 Å². The van der Waals surface area contributed by atoms with Gasteiger partial charge in [-0.05, 0) is 24.5 Å². The van der Waals surface area contributed by atoms with Gasteiger partial charge in [0.05, 0.1) is 0 Å². The predicted octanol–water partition coefficient (Wildman–Crippen LogP) is 3.83. The van der Waals surface area contributed by atoms with E-state index in [1.165, 1.54) is 0 Å². The van der Waals surface area contributed by atoms with E-state index in [0.29, 0.717) is 32.7 Å². The van der Waals surface area contributed by atoms with Gasteiger partial charge in [-0.25, -0.2) is 0 Å². The molecule has 2 amide bonds. The fourth-order valence-corrected chi connectivity index (χ4v) is 3.28. The van der Waals surface area contributed by atoms with Crippen LogP contribution in [0.5, 0.6) is 0 Å². The summed E-state index contributed by atoms with van der Waals surface area (Å²) in [6.45, 7) is 7.91. The molecule has 0 aliphatic heterocycles. The number of hydrogen-bond donors (Lipinski definition) is 1. The van der Waals surface area contributed by atoms with Crippen molar-refractivity contribution in [3.05, 3.63) is 71.8 Å². The van der Waals surface area contributed by atoms with Crippen LogP contribution in [0.2, 0.25) is 0 Å². The van der Waals surface area contributed by atoms with E-state index in [0.717, 1.165) is 17.5 Å². The number of ether oxygens (including phenoxy) is 1. The summed E-state index contributed by atoms with van der Waals surface area (Å²) in [6.07, 6.45) is 1.22. The van der Waals surface area contributed by atoms with Crippen molar-refractivity contribution < 1.29 is 14.3 Å². The first kappa shape index (κ1) is 23.6. The minimum absolute atomic E-state index is 0.0238. The highest BCUT2D eigenvalue weighted by Crippen LogP contribution is 2.17. The first-order valence-corrected chi connectivity index (χ1v) is 10.8. The molecule has 0 saturated carbocycles. The maximum absolute atomic E-state index is 13.2. The molecule has 2 rings (SSSR count). The number of amides is 2. The van der Waals surface area contributed by atoms with Crippen molar-refractivity contribution in [2.75, 3.05) is 19.8 Å². The summed E-state index contributed by atoms with van der Waals surface area (Å²) in [7, 11) is 0. The molecular weight excluding hydrogens is 376 g/mol. The van der Waals surface area contributed by atoms with Crippen LogP contribution in [0.15, 0.2) is 60.7 Å². The molecule has 0 aromatic heterocycles. The van der Waals surface area contributed by atoms with Gasteiger partial charge < -0.3 is 15.0 Å². The second-order valence-electron chi connectivity index (χ2n) is 7.65. The number of carbonyl (C=O) groups excluding carboxylic acids is 2. The molecule has 0 bridgehead atoms. The van der Waals surface area contributed by atoms with E-state index in [1.54, 1.807) is 4.90 Å². The average Bonchev–Trinajstić information content (AvgIpc) is 2.76. The molecule has 0 fully saturated rings. The van der Waals surface area contributed by atoms with E-state index in [2.05, 4.69) is 5.32 Å². The Balaban J connectivity index is 2.24. The van der Waals surface area contributed by atoms with Gasteiger partial charge in [-0.2, -0.15) is 0 Å². The van der Waals surface area contributed by atoms with E-state index >= 15 is 0 Å². The second-order valence-corrected chi connectivity index (χ2v) is 7.65. The zero-order chi connectivity index (χ0) is 21.8.